The van der Waals surface area contributed by atoms with Crippen molar-refractivity contribution in [2.75, 3.05) is 0 Å². The predicted octanol–water partition coefficient (Wildman–Crippen LogP) is 3.62. The summed E-state index contributed by atoms with van der Waals surface area (Å²) in [7, 11) is 0. The molecule has 0 aliphatic heterocycles. The Kier molecular flexibility index (Phi) is 4.56. The van der Waals surface area contributed by atoms with E-state index in [2.05, 4.69) is 11.4 Å². The minimum absolute atomic E-state index is 0.202. The first-order valence-electron chi connectivity index (χ1n) is 7.17. The molecule has 3 nitrogen and oxygen atoms in total. The number of hydrogen-bond donors (Lipinski definition) is 1. The number of carbonyl (C=O) groups excluding carboxylic acids is 1. The third-order valence-electron chi connectivity index (χ3n) is 4.02. The van der Waals surface area contributed by atoms with Crippen LogP contribution in [0.5, 0.6) is 0 Å². The number of rotatable bonds is 2. The average Bonchev–Trinajstić information content (AvgIpc) is 2.69. The van der Waals surface area contributed by atoms with Crippen molar-refractivity contribution in [1.82, 2.24) is 5.32 Å². The molecule has 1 amide bonds. The van der Waals surface area contributed by atoms with Gasteiger partial charge in [0.25, 0.3) is 5.91 Å². The molecule has 0 spiro atoms. The van der Waals surface area contributed by atoms with E-state index in [0.29, 0.717) is 18.9 Å². The summed E-state index contributed by atoms with van der Waals surface area (Å²) in [6, 6.07) is 4.06. The molecule has 112 valence electrons. The number of carbonyl (C=O) groups is 1. The molecule has 0 atom stereocenters. The number of hydrogen-bond acceptors (Lipinski definition) is 2. The van der Waals surface area contributed by atoms with Gasteiger partial charge in [0.15, 0.2) is 0 Å². The first kappa shape index (κ1) is 15.4. The van der Waals surface area contributed by atoms with E-state index in [-0.39, 0.29) is 11.1 Å². The number of nitriles is 1. The molecule has 0 heterocycles. The number of amides is 1. The molecule has 1 aromatic rings. The van der Waals surface area contributed by atoms with E-state index >= 15 is 0 Å². The first-order valence-corrected chi connectivity index (χ1v) is 7.17. The Morgan fingerprint density at radius 1 is 1.19 bits per heavy atom. The van der Waals surface area contributed by atoms with Crippen LogP contribution in [0.4, 0.5) is 8.78 Å². The van der Waals surface area contributed by atoms with Gasteiger partial charge in [-0.1, -0.05) is 25.7 Å². The summed E-state index contributed by atoms with van der Waals surface area (Å²) in [6.45, 7) is 1.47. The van der Waals surface area contributed by atoms with Crippen molar-refractivity contribution in [2.45, 2.75) is 51.0 Å². The smallest absolute Gasteiger partial charge is 0.255 e. The van der Waals surface area contributed by atoms with E-state index < -0.39 is 23.1 Å². The number of aryl methyl sites for hydroxylation is 1. The zero-order valence-electron chi connectivity index (χ0n) is 12.0. The van der Waals surface area contributed by atoms with E-state index in [0.717, 1.165) is 25.7 Å². The molecule has 1 aliphatic rings. The second-order valence-electron chi connectivity index (χ2n) is 5.64. The van der Waals surface area contributed by atoms with E-state index in [9.17, 15) is 18.8 Å². The van der Waals surface area contributed by atoms with E-state index in [4.69, 9.17) is 0 Å². The summed E-state index contributed by atoms with van der Waals surface area (Å²) < 4.78 is 27.0. The molecule has 0 saturated heterocycles. The lowest BCUT2D eigenvalue weighted by Gasteiger charge is -2.26. The van der Waals surface area contributed by atoms with Crippen LogP contribution in [0.15, 0.2) is 12.1 Å². The molecule has 2 rings (SSSR count). The molecule has 1 fully saturated rings. The molecule has 1 aliphatic carbocycles. The maximum atomic E-state index is 13.8. The Morgan fingerprint density at radius 2 is 1.81 bits per heavy atom. The quantitative estimate of drug-likeness (QED) is 0.846. The largest absolute Gasteiger partial charge is 0.334 e. The van der Waals surface area contributed by atoms with Crippen LogP contribution < -0.4 is 5.32 Å². The van der Waals surface area contributed by atoms with Crippen molar-refractivity contribution in [3.63, 3.8) is 0 Å². The van der Waals surface area contributed by atoms with Crippen molar-refractivity contribution in [1.29, 1.82) is 5.26 Å². The highest BCUT2D eigenvalue weighted by Gasteiger charge is 2.33. The van der Waals surface area contributed by atoms with Gasteiger partial charge < -0.3 is 5.32 Å². The number of halogens is 2. The minimum Gasteiger partial charge on any atom is -0.334 e. The van der Waals surface area contributed by atoms with Crippen LogP contribution in [0.25, 0.3) is 0 Å². The zero-order valence-corrected chi connectivity index (χ0v) is 12.0. The number of nitrogens with zero attached hydrogens (tertiary/aromatic N) is 1. The molecule has 1 N–H and O–H groups in total. The standard InChI is InChI=1S/C16H18F2N2O/c1-11-8-12(14(18)9-13(11)17)15(21)20-16(10-19)6-4-2-3-5-7-16/h8-9H,2-7H2,1H3,(H,20,21). The van der Waals surface area contributed by atoms with Gasteiger partial charge >= 0.3 is 0 Å². The fourth-order valence-corrected chi connectivity index (χ4v) is 2.71. The van der Waals surface area contributed by atoms with Crippen molar-refractivity contribution in [3.8, 4) is 6.07 Å². The summed E-state index contributed by atoms with van der Waals surface area (Å²) in [4.78, 5) is 12.2. The third-order valence-corrected chi connectivity index (χ3v) is 4.02. The molecule has 0 aromatic heterocycles. The van der Waals surface area contributed by atoms with Gasteiger partial charge in [0.2, 0.25) is 0 Å². The molecule has 1 saturated carbocycles. The Hall–Kier alpha value is -1.96. The first-order chi connectivity index (χ1) is 9.97. The lowest BCUT2D eigenvalue weighted by atomic mass is 9.91. The van der Waals surface area contributed by atoms with E-state index in [1.165, 1.54) is 13.0 Å². The number of nitrogens with one attached hydrogen (secondary N) is 1. The molecule has 1 aromatic carbocycles. The monoisotopic (exact) mass is 292 g/mol. The second-order valence-corrected chi connectivity index (χ2v) is 5.64. The Bertz CT molecular complexity index is 585. The molecule has 0 unspecified atom stereocenters. The summed E-state index contributed by atoms with van der Waals surface area (Å²) in [6.07, 6.45) is 4.91. The van der Waals surface area contributed by atoms with Crippen molar-refractivity contribution in [3.05, 3.63) is 34.9 Å². The Balaban J connectivity index is 2.24. The molecule has 5 heteroatoms. The summed E-state index contributed by atoms with van der Waals surface area (Å²) in [5.74, 6) is -2.25. The van der Waals surface area contributed by atoms with Crippen molar-refractivity contribution in [2.24, 2.45) is 0 Å². The molecule has 21 heavy (non-hydrogen) atoms. The van der Waals surface area contributed by atoms with Crippen LogP contribution in [-0.4, -0.2) is 11.4 Å². The van der Waals surface area contributed by atoms with Gasteiger partial charge in [-0.25, -0.2) is 8.78 Å². The van der Waals surface area contributed by atoms with Crippen LogP contribution in [0, 0.1) is 29.9 Å². The van der Waals surface area contributed by atoms with Crippen LogP contribution in [0.3, 0.4) is 0 Å². The highest BCUT2D eigenvalue weighted by Crippen LogP contribution is 2.27. The third kappa shape index (κ3) is 3.38. The average molecular weight is 292 g/mol. The normalized spacial score (nSPS) is 17.6. The van der Waals surface area contributed by atoms with Gasteiger partial charge in [-0.15, -0.1) is 0 Å². The molecule has 0 bridgehead atoms. The summed E-state index contributed by atoms with van der Waals surface area (Å²) in [5, 5.41) is 12.1. The summed E-state index contributed by atoms with van der Waals surface area (Å²) >= 11 is 0. The number of benzene rings is 1. The maximum Gasteiger partial charge on any atom is 0.255 e. The second kappa shape index (κ2) is 6.21. The van der Waals surface area contributed by atoms with Gasteiger partial charge in [-0.3, -0.25) is 4.79 Å². The van der Waals surface area contributed by atoms with Crippen LogP contribution in [-0.2, 0) is 0 Å². The van der Waals surface area contributed by atoms with E-state index in [1.54, 1.807) is 0 Å². The Labute approximate surface area is 123 Å². The predicted molar refractivity (Wildman–Crippen MR) is 74.6 cm³/mol. The van der Waals surface area contributed by atoms with Crippen molar-refractivity contribution < 1.29 is 13.6 Å². The Morgan fingerprint density at radius 3 is 2.38 bits per heavy atom. The lowest BCUT2D eigenvalue weighted by Crippen LogP contribution is -2.47. The molecular formula is C16H18F2N2O. The van der Waals surface area contributed by atoms with Gasteiger partial charge in [0.05, 0.1) is 11.6 Å². The maximum absolute atomic E-state index is 13.8. The van der Waals surface area contributed by atoms with Crippen LogP contribution >= 0.6 is 0 Å². The van der Waals surface area contributed by atoms with E-state index in [1.807, 2.05) is 0 Å². The summed E-state index contributed by atoms with van der Waals surface area (Å²) in [5.41, 5.74) is -0.955. The topological polar surface area (TPSA) is 52.9 Å². The molecular weight excluding hydrogens is 274 g/mol. The highest BCUT2D eigenvalue weighted by molar-refractivity contribution is 5.95. The fraction of sp³-hybridized carbons (Fsp3) is 0.500. The lowest BCUT2D eigenvalue weighted by molar-refractivity contribution is 0.0908. The minimum atomic E-state index is -0.942. The highest BCUT2D eigenvalue weighted by atomic mass is 19.1. The van der Waals surface area contributed by atoms with Gasteiger partial charge in [0.1, 0.15) is 17.2 Å². The van der Waals surface area contributed by atoms with Crippen molar-refractivity contribution >= 4 is 5.91 Å². The fourth-order valence-electron chi connectivity index (χ4n) is 2.71. The van der Waals surface area contributed by atoms with Gasteiger partial charge in [-0.05, 0) is 31.4 Å². The van der Waals surface area contributed by atoms with Gasteiger partial charge in [-0.2, -0.15) is 5.26 Å². The SMILES string of the molecule is Cc1cc(C(=O)NC2(C#N)CCCCCC2)c(F)cc1F. The van der Waals surface area contributed by atoms with Crippen LogP contribution in [0.1, 0.15) is 54.4 Å². The van der Waals surface area contributed by atoms with Crippen LogP contribution in [0.2, 0.25) is 0 Å². The zero-order chi connectivity index (χ0) is 15.5. The molecule has 0 radical (unpaired) electrons. The van der Waals surface area contributed by atoms with Gasteiger partial charge in [0, 0.05) is 6.07 Å².